The van der Waals surface area contributed by atoms with E-state index in [0.717, 1.165) is 22.1 Å². The molecule has 0 radical (unpaired) electrons. The zero-order valence-electron chi connectivity index (χ0n) is 15.1. The van der Waals surface area contributed by atoms with Crippen LogP contribution in [-0.2, 0) is 13.0 Å². The van der Waals surface area contributed by atoms with Crippen LogP contribution in [0.2, 0.25) is 0 Å². The second kappa shape index (κ2) is 8.20. The molecule has 0 aliphatic heterocycles. The summed E-state index contributed by atoms with van der Waals surface area (Å²) in [6, 6.07) is 27.2. The third-order valence-electron chi connectivity index (χ3n) is 5.12. The number of carbonyl (C=O) groups excluding carboxylic acids is 1. The SMILES string of the molecule is O=C(Cc1ccc(C2CC2NCc2ccccc2)cc1)c1cccc(Br)c1. The van der Waals surface area contributed by atoms with Crippen molar-refractivity contribution in [3.8, 4) is 0 Å². The van der Waals surface area contributed by atoms with Crippen molar-refractivity contribution in [3.05, 3.63) is 106 Å². The largest absolute Gasteiger partial charge is 0.309 e. The van der Waals surface area contributed by atoms with Crippen LogP contribution in [0.3, 0.4) is 0 Å². The highest BCUT2D eigenvalue weighted by Gasteiger charge is 2.37. The zero-order valence-corrected chi connectivity index (χ0v) is 16.7. The Morgan fingerprint density at radius 2 is 1.70 bits per heavy atom. The Bertz CT molecular complexity index is 921. The molecule has 3 aromatic carbocycles. The molecule has 27 heavy (non-hydrogen) atoms. The van der Waals surface area contributed by atoms with Gasteiger partial charge < -0.3 is 5.32 Å². The molecule has 0 saturated heterocycles. The Labute approximate surface area is 168 Å². The standard InChI is InChI=1S/C24H22BrNO/c25-21-8-4-7-20(14-21)24(27)13-17-9-11-19(12-10-17)22-15-23(22)26-16-18-5-2-1-3-6-18/h1-12,14,22-23,26H,13,15-16H2. The van der Waals surface area contributed by atoms with Crippen molar-refractivity contribution < 1.29 is 4.79 Å². The Morgan fingerprint density at radius 3 is 2.44 bits per heavy atom. The molecule has 136 valence electrons. The number of ketones is 1. The summed E-state index contributed by atoms with van der Waals surface area (Å²) in [4.78, 5) is 12.4. The zero-order chi connectivity index (χ0) is 18.6. The maximum Gasteiger partial charge on any atom is 0.167 e. The van der Waals surface area contributed by atoms with E-state index in [2.05, 4.69) is 69.8 Å². The van der Waals surface area contributed by atoms with Gasteiger partial charge in [0.2, 0.25) is 0 Å². The second-order valence-corrected chi connectivity index (χ2v) is 8.08. The van der Waals surface area contributed by atoms with Crippen LogP contribution in [0.25, 0.3) is 0 Å². The number of nitrogens with one attached hydrogen (secondary N) is 1. The Hall–Kier alpha value is -2.23. The van der Waals surface area contributed by atoms with Crippen LogP contribution in [0.1, 0.15) is 39.4 Å². The van der Waals surface area contributed by atoms with Crippen molar-refractivity contribution in [1.29, 1.82) is 0 Å². The van der Waals surface area contributed by atoms with Crippen LogP contribution in [0.15, 0.2) is 83.3 Å². The fraction of sp³-hybridized carbons (Fsp3) is 0.208. The predicted octanol–water partition coefficient (Wildman–Crippen LogP) is 5.52. The molecular formula is C24H22BrNO. The highest BCUT2D eigenvalue weighted by molar-refractivity contribution is 9.10. The van der Waals surface area contributed by atoms with Gasteiger partial charge in [-0.3, -0.25) is 4.79 Å². The van der Waals surface area contributed by atoms with E-state index in [1.54, 1.807) is 0 Å². The molecule has 0 heterocycles. The van der Waals surface area contributed by atoms with Crippen molar-refractivity contribution in [2.75, 3.05) is 0 Å². The molecule has 0 spiro atoms. The van der Waals surface area contributed by atoms with Crippen molar-refractivity contribution in [2.45, 2.75) is 31.3 Å². The van der Waals surface area contributed by atoms with E-state index < -0.39 is 0 Å². The molecule has 0 aromatic heterocycles. The monoisotopic (exact) mass is 419 g/mol. The van der Waals surface area contributed by atoms with Gasteiger partial charge in [-0.25, -0.2) is 0 Å². The minimum atomic E-state index is 0.151. The van der Waals surface area contributed by atoms with Gasteiger partial charge in [0.15, 0.2) is 5.78 Å². The molecule has 1 N–H and O–H groups in total. The molecule has 1 saturated carbocycles. The maximum absolute atomic E-state index is 12.4. The third-order valence-corrected chi connectivity index (χ3v) is 5.61. The lowest BCUT2D eigenvalue weighted by Gasteiger charge is -2.06. The number of carbonyl (C=O) groups is 1. The molecule has 2 nitrogen and oxygen atoms in total. The average molecular weight is 420 g/mol. The van der Waals surface area contributed by atoms with Gasteiger partial charge in [-0.15, -0.1) is 0 Å². The Morgan fingerprint density at radius 1 is 0.926 bits per heavy atom. The molecular weight excluding hydrogens is 398 g/mol. The van der Waals surface area contributed by atoms with Gasteiger partial charge in [-0.2, -0.15) is 0 Å². The summed E-state index contributed by atoms with van der Waals surface area (Å²) in [7, 11) is 0. The maximum atomic E-state index is 12.4. The first-order valence-corrected chi connectivity index (χ1v) is 10.1. The van der Waals surface area contributed by atoms with Crippen LogP contribution in [0.5, 0.6) is 0 Å². The van der Waals surface area contributed by atoms with E-state index in [0.29, 0.717) is 18.4 Å². The Kier molecular flexibility index (Phi) is 5.51. The molecule has 3 aromatic rings. The fourth-order valence-electron chi connectivity index (χ4n) is 3.47. The van der Waals surface area contributed by atoms with Crippen molar-refractivity contribution in [2.24, 2.45) is 0 Å². The number of hydrogen-bond acceptors (Lipinski definition) is 2. The van der Waals surface area contributed by atoms with E-state index in [4.69, 9.17) is 0 Å². The van der Waals surface area contributed by atoms with Gasteiger partial charge in [0.25, 0.3) is 0 Å². The quantitative estimate of drug-likeness (QED) is 0.510. The molecule has 3 heteroatoms. The fourth-order valence-corrected chi connectivity index (χ4v) is 3.87. The van der Waals surface area contributed by atoms with Crippen LogP contribution >= 0.6 is 15.9 Å². The van der Waals surface area contributed by atoms with E-state index in [9.17, 15) is 4.79 Å². The minimum Gasteiger partial charge on any atom is -0.309 e. The van der Waals surface area contributed by atoms with E-state index >= 15 is 0 Å². The molecule has 0 bridgehead atoms. The summed E-state index contributed by atoms with van der Waals surface area (Å²) in [6.45, 7) is 0.918. The lowest BCUT2D eigenvalue weighted by Crippen LogP contribution is -2.17. The van der Waals surface area contributed by atoms with Gasteiger partial charge in [0, 0.05) is 35.0 Å². The summed E-state index contributed by atoms with van der Waals surface area (Å²) in [6.07, 6.45) is 1.63. The van der Waals surface area contributed by atoms with Crippen LogP contribution in [0.4, 0.5) is 0 Å². The highest BCUT2D eigenvalue weighted by atomic mass is 79.9. The molecule has 2 atom stereocenters. The number of hydrogen-bond donors (Lipinski definition) is 1. The molecule has 1 aliphatic rings. The van der Waals surface area contributed by atoms with E-state index in [1.165, 1.54) is 17.5 Å². The molecule has 0 amide bonds. The Balaban J connectivity index is 1.31. The molecule has 1 fully saturated rings. The number of rotatable bonds is 7. The number of benzene rings is 3. The van der Waals surface area contributed by atoms with Crippen molar-refractivity contribution in [1.82, 2.24) is 5.32 Å². The summed E-state index contributed by atoms with van der Waals surface area (Å²) >= 11 is 3.42. The lowest BCUT2D eigenvalue weighted by atomic mass is 10.0. The van der Waals surface area contributed by atoms with Crippen molar-refractivity contribution in [3.63, 3.8) is 0 Å². The first-order chi connectivity index (χ1) is 13.2. The number of halogens is 1. The lowest BCUT2D eigenvalue weighted by molar-refractivity contribution is 0.0993. The second-order valence-electron chi connectivity index (χ2n) is 7.17. The van der Waals surface area contributed by atoms with E-state index in [-0.39, 0.29) is 5.78 Å². The first kappa shape index (κ1) is 18.1. The minimum absolute atomic E-state index is 0.151. The van der Waals surface area contributed by atoms with Crippen LogP contribution < -0.4 is 5.32 Å². The van der Waals surface area contributed by atoms with Gasteiger partial charge in [-0.05, 0) is 35.2 Å². The van der Waals surface area contributed by atoms with Crippen LogP contribution in [0, 0.1) is 0 Å². The van der Waals surface area contributed by atoms with E-state index in [1.807, 2.05) is 30.3 Å². The summed E-state index contributed by atoms with van der Waals surface area (Å²) in [5, 5.41) is 3.64. The smallest absolute Gasteiger partial charge is 0.167 e. The van der Waals surface area contributed by atoms with Gasteiger partial charge in [0.1, 0.15) is 0 Å². The topological polar surface area (TPSA) is 29.1 Å². The van der Waals surface area contributed by atoms with Gasteiger partial charge in [-0.1, -0.05) is 82.7 Å². The molecule has 2 unspecified atom stereocenters. The van der Waals surface area contributed by atoms with Crippen LogP contribution in [-0.4, -0.2) is 11.8 Å². The van der Waals surface area contributed by atoms with Gasteiger partial charge >= 0.3 is 0 Å². The number of Topliss-reactive ketones (excluding diaryl/α,β-unsaturated/α-hetero) is 1. The first-order valence-electron chi connectivity index (χ1n) is 9.34. The summed E-state index contributed by atoms with van der Waals surface area (Å²) < 4.78 is 0.937. The third kappa shape index (κ3) is 4.74. The normalized spacial score (nSPS) is 18.3. The highest BCUT2D eigenvalue weighted by Crippen LogP contribution is 2.41. The summed E-state index contributed by atoms with van der Waals surface area (Å²) in [5.41, 5.74) is 4.50. The predicted molar refractivity (Wildman–Crippen MR) is 113 cm³/mol. The average Bonchev–Trinajstić information content (AvgIpc) is 3.47. The summed E-state index contributed by atoms with van der Waals surface area (Å²) in [5.74, 6) is 0.737. The molecule has 1 aliphatic carbocycles. The molecule has 4 rings (SSSR count). The van der Waals surface area contributed by atoms with Gasteiger partial charge in [0.05, 0.1) is 0 Å². The van der Waals surface area contributed by atoms with Crippen molar-refractivity contribution >= 4 is 21.7 Å².